The van der Waals surface area contributed by atoms with Crippen molar-refractivity contribution in [2.24, 2.45) is 23.2 Å². The van der Waals surface area contributed by atoms with Crippen LogP contribution in [0.2, 0.25) is 0 Å². The van der Waals surface area contributed by atoms with Gasteiger partial charge in [0.15, 0.2) is 6.79 Å². The highest BCUT2D eigenvalue weighted by Crippen LogP contribution is 2.60. The maximum absolute atomic E-state index is 5.63. The van der Waals surface area contributed by atoms with Gasteiger partial charge in [0.2, 0.25) is 0 Å². The zero-order chi connectivity index (χ0) is 16.2. The van der Waals surface area contributed by atoms with Crippen LogP contribution in [0, 0.1) is 23.2 Å². The van der Waals surface area contributed by atoms with Crippen molar-refractivity contribution in [1.82, 2.24) is 5.23 Å². The number of nitrogens with zero attached hydrogens (tertiary/aromatic N) is 1. The summed E-state index contributed by atoms with van der Waals surface area (Å²) >= 11 is 0. The Kier molecular flexibility index (Phi) is 3.75. The van der Waals surface area contributed by atoms with E-state index in [4.69, 9.17) is 9.68 Å². The molecule has 0 aromatic rings. The lowest BCUT2D eigenvalue weighted by molar-refractivity contribution is -0.558. The molecule has 3 heteroatoms. The number of allylic oxidation sites excluding steroid dienone is 4. The SMILES string of the molecule is CC(C)C1C=CC2=C(CCC3C2(C)CCCC3(C)N2OCO2)C1. The average Bonchev–Trinajstić information content (AvgIpc) is 2.44. The third-order valence-electron chi connectivity index (χ3n) is 7.24. The maximum Gasteiger partial charge on any atom is 0.192 e. The fourth-order valence-corrected chi connectivity index (χ4v) is 5.83. The Bertz CT molecular complexity index is 548. The Hall–Kier alpha value is -0.640. The second-order valence-corrected chi connectivity index (χ2v) is 8.84. The van der Waals surface area contributed by atoms with Crippen LogP contribution in [0.3, 0.4) is 0 Å². The summed E-state index contributed by atoms with van der Waals surface area (Å²) < 4.78 is 0. The highest BCUT2D eigenvalue weighted by Gasteiger charge is 2.57. The number of hydroxylamine groups is 2. The summed E-state index contributed by atoms with van der Waals surface area (Å²) in [5.74, 6) is 2.08. The molecule has 4 unspecified atom stereocenters. The molecule has 3 aliphatic carbocycles. The molecule has 4 atom stereocenters. The molecule has 1 heterocycles. The van der Waals surface area contributed by atoms with Crippen molar-refractivity contribution in [2.45, 2.75) is 71.8 Å². The molecular formula is C20H31NO2. The summed E-state index contributed by atoms with van der Waals surface area (Å²) in [5, 5.41) is 1.82. The molecule has 1 aliphatic heterocycles. The van der Waals surface area contributed by atoms with Gasteiger partial charge in [-0.05, 0) is 67.8 Å². The van der Waals surface area contributed by atoms with E-state index < -0.39 is 0 Å². The van der Waals surface area contributed by atoms with Gasteiger partial charge < -0.3 is 0 Å². The summed E-state index contributed by atoms with van der Waals surface area (Å²) in [6.45, 7) is 9.98. The molecule has 0 aromatic heterocycles. The minimum atomic E-state index is 0.0204. The molecule has 4 aliphatic rings. The Morgan fingerprint density at radius 3 is 2.65 bits per heavy atom. The third kappa shape index (κ3) is 2.27. The number of rotatable bonds is 2. The Morgan fingerprint density at radius 2 is 2.00 bits per heavy atom. The predicted molar refractivity (Wildman–Crippen MR) is 91.1 cm³/mol. The third-order valence-corrected chi connectivity index (χ3v) is 7.24. The molecule has 0 aromatic carbocycles. The smallest absolute Gasteiger partial charge is 0.192 e. The van der Waals surface area contributed by atoms with Crippen molar-refractivity contribution in [3.8, 4) is 0 Å². The molecule has 23 heavy (non-hydrogen) atoms. The van der Waals surface area contributed by atoms with E-state index in [9.17, 15) is 0 Å². The van der Waals surface area contributed by atoms with Crippen LogP contribution in [-0.4, -0.2) is 17.6 Å². The molecule has 4 rings (SSSR count). The molecule has 1 saturated carbocycles. The van der Waals surface area contributed by atoms with Crippen LogP contribution in [0.15, 0.2) is 23.3 Å². The van der Waals surface area contributed by atoms with E-state index in [0.29, 0.717) is 12.7 Å². The van der Waals surface area contributed by atoms with Crippen LogP contribution >= 0.6 is 0 Å². The molecular weight excluding hydrogens is 286 g/mol. The molecule has 0 radical (unpaired) electrons. The van der Waals surface area contributed by atoms with Crippen LogP contribution in [0.1, 0.15) is 66.2 Å². The quantitative estimate of drug-likeness (QED) is 0.714. The Balaban J connectivity index is 1.67. The van der Waals surface area contributed by atoms with E-state index in [0.717, 1.165) is 11.8 Å². The summed E-state index contributed by atoms with van der Waals surface area (Å²) in [4.78, 5) is 11.3. The van der Waals surface area contributed by atoms with Crippen molar-refractivity contribution >= 4 is 0 Å². The molecule has 1 saturated heterocycles. The zero-order valence-electron chi connectivity index (χ0n) is 15.1. The van der Waals surface area contributed by atoms with E-state index >= 15 is 0 Å². The highest BCUT2D eigenvalue weighted by atomic mass is 17.1. The van der Waals surface area contributed by atoms with Crippen LogP contribution in [0.5, 0.6) is 0 Å². The van der Waals surface area contributed by atoms with Gasteiger partial charge in [-0.3, -0.25) is 0 Å². The fraction of sp³-hybridized carbons (Fsp3) is 0.800. The molecule has 2 fully saturated rings. The highest BCUT2D eigenvalue weighted by molar-refractivity contribution is 5.40. The number of hydrogen-bond acceptors (Lipinski definition) is 3. The molecule has 0 amide bonds. The maximum atomic E-state index is 5.63. The normalized spacial score (nSPS) is 44.0. The van der Waals surface area contributed by atoms with Gasteiger partial charge in [-0.15, -0.1) is 0 Å². The Morgan fingerprint density at radius 1 is 1.22 bits per heavy atom. The second-order valence-electron chi connectivity index (χ2n) is 8.84. The topological polar surface area (TPSA) is 21.7 Å². The van der Waals surface area contributed by atoms with E-state index in [-0.39, 0.29) is 11.0 Å². The van der Waals surface area contributed by atoms with Gasteiger partial charge in [0.25, 0.3) is 0 Å². The summed E-state index contributed by atoms with van der Waals surface area (Å²) in [6, 6.07) is 0. The zero-order valence-corrected chi connectivity index (χ0v) is 15.1. The molecule has 3 nitrogen and oxygen atoms in total. The minimum Gasteiger partial charge on any atom is -0.243 e. The van der Waals surface area contributed by atoms with Crippen molar-refractivity contribution in [3.63, 3.8) is 0 Å². The Labute approximate surface area is 140 Å². The van der Waals surface area contributed by atoms with Crippen molar-refractivity contribution in [3.05, 3.63) is 23.3 Å². The fourth-order valence-electron chi connectivity index (χ4n) is 5.83. The van der Waals surface area contributed by atoms with E-state index in [1.807, 2.05) is 5.23 Å². The van der Waals surface area contributed by atoms with Gasteiger partial charge in [-0.2, -0.15) is 0 Å². The first-order chi connectivity index (χ1) is 10.9. The van der Waals surface area contributed by atoms with Gasteiger partial charge in [0, 0.05) is 0 Å². The monoisotopic (exact) mass is 317 g/mol. The predicted octanol–water partition coefficient (Wildman–Crippen LogP) is 5.01. The van der Waals surface area contributed by atoms with E-state index in [1.165, 1.54) is 38.5 Å². The number of fused-ring (bicyclic) bond motifs is 2. The van der Waals surface area contributed by atoms with E-state index in [1.54, 1.807) is 11.1 Å². The summed E-state index contributed by atoms with van der Waals surface area (Å²) in [7, 11) is 0. The van der Waals surface area contributed by atoms with Crippen LogP contribution < -0.4 is 0 Å². The standard InChI is InChI=1S/C20H31NO2/c1-14(2)15-6-8-17-16(12-15)7-9-18-19(17,3)10-5-11-20(18,4)21-22-13-23-21/h6,8,14-15,18H,5,7,9-13H2,1-4H3. The lowest BCUT2D eigenvalue weighted by Crippen LogP contribution is -2.63. The number of hydrogen-bond donors (Lipinski definition) is 0. The van der Waals surface area contributed by atoms with Crippen LogP contribution in [-0.2, 0) is 9.68 Å². The van der Waals surface area contributed by atoms with Crippen molar-refractivity contribution < 1.29 is 9.68 Å². The van der Waals surface area contributed by atoms with Crippen molar-refractivity contribution in [2.75, 3.05) is 6.79 Å². The van der Waals surface area contributed by atoms with Crippen molar-refractivity contribution in [1.29, 1.82) is 0 Å². The average molecular weight is 317 g/mol. The lowest BCUT2D eigenvalue weighted by Gasteiger charge is -2.59. The summed E-state index contributed by atoms with van der Waals surface area (Å²) in [6.07, 6.45) is 12.5. The lowest BCUT2D eigenvalue weighted by atomic mass is 9.51. The largest absolute Gasteiger partial charge is 0.243 e. The molecule has 0 bridgehead atoms. The van der Waals surface area contributed by atoms with E-state index in [2.05, 4.69) is 39.8 Å². The second kappa shape index (κ2) is 5.44. The minimum absolute atomic E-state index is 0.0204. The molecule has 0 N–H and O–H groups in total. The van der Waals surface area contributed by atoms with Crippen LogP contribution in [0.25, 0.3) is 0 Å². The molecule has 0 spiro atoms. The van der Waals surface area contributed by atoms with Gasteiger partial charge in [0.05, 0.1) is 5.54 Å². The van der Waals surface area contributed by atoms with Gasteiger partial charge in [0.1, 0.15) is 0 Å². The first-order valence-electron chi connectivity index (χ1n) is 9.42. The first-order valence-corrected chi connectivity index (χ1v) is 9.42. The first kappa shape index (κ1) is 15.9. The van der Waals surface area contributed by atoms with Gasteiger partial charge in [-0.1, -0.05) is 50.1 Å². The van der Waals surface area contributed by atoms with Crippen LogP contribution in [0.4, 0.5) is 0 Å². The summed E-state index contributed by atoms with van der Waals surface area (Å²) in [5.41, 5.74) is 3.69. The van der Waals surface area contributed by atoms with Gasteiger partial charge in [-0.25, -0.2) is 9.68 Å². The van der Waals surface area contributed by atoms with Gasteiger partial charge >= 0.3 is 0 Å². The molecule has 128 valence electrons.